The summed E-state index contributed by atoms with van der Waals surface area (Å²) in [5.74, 6) is 2.10. The van der Waals surface area contributed by atoms with E-state index in [0.717, 1.165) is 18.1 Å². The summed E-state index contributed by atoms with van der Waals surface area (Å²) in [4.78, 5) is 0. The molecule has 2 N–H and O–H groups in total. The maximum absolute atomic E-state index is 8.38. The lowest BCUT2D eigenvalue weighted by Crippen LogP contribution is -2.20. The van der Waals surface area contributed by atoms with Gasteiger partial charge in [0.15, 0.2) is 0 Å². The molecule has 0 bridgehead atoms. The van der Waals surface area contributed by atoms with Gasteiger partial charge in [0.05, 0.1) is 6.61 Å². The number of thioether (sulfide) groups is 1. The quantitative estimate of drug-likeness (QED) is 0.421. The second kappa shape index (κ2) is 9.01. The van der Waals surface area contributed by atoms with E-state index < -0.39 is 0 Å². The van der Waals surface area contributed by atoms with Crippen molar-refractivity contribution in [2.24, 2.45) is 0 Å². The van der Waals surface area contributed by atoms with Crippen LogP contribution >= 0.6 is 11.8 Å². The van der Waals surface area contributed by atoms with Crippen LogP contribution in [0.2, 0.25) is 0 Å². The Morgan fingerprint density at radius 1 is 1.50 bits per heavy atom. The molecule has 0 radical (unpaired) electrons. The predicted molar refractivity (Wildman–Crippen MR) is 47.5 cm³/mol. The van der Waals surface area contributed by atoms with E-state index in [1.807, 2.05) is 17.8 Å². The van der Waals surface area contributed by atoms with Crippen LogP contribution < -0.4 is 5.32 Å². The standard InChI is InChI=1S/C7H15NOS/c1-2-6-10-7-4-8-3-5-9/h2,8-9H,1,3-7H2. The van der Waals surface area contributed by atoms with Gasteiger partial charge in [0.2, 0.25) is 0 Å². The molecule has 0 aromatic rings. The van der Waals surface area contributed by atoms with Crippen LogP contribution in [0.25, 0.3) is 0 Å². The lowest BCUT2D eigenvalue weighted by molar-refractivity contribution is 0.294. The van der Waals surface area contributed by atoms with E-state index in [1.54, 1.807) is 0 Å². The molecular weight excluding hydrogens is 146 g/mol. The fourth-order valence-corrected chi connectivity index (χ4v) is 1.14. The first-order valence-electron chi connectivity index (χ1n) is 3.42. The number of nitrogens with one attached hydrogen (secondary N) is 1. The van der Waals surface area contributed by atoms with Crippen molar-refractivity contribution >= 4 is 11.8 Å². The Morgan fingerprint density at radius 3 is 2.90 bits per heavy atom. The first-order chi connectivity index (χ1) is 4.91. The summed E-state index contributed by atoms with van der Waals surface area (Å²) in [7, 11) is 0. The zero-order chi connectivity index (χ0) is 7.66. The van der Waals surface area contributed by atoms with Gasteiger partial charge in [0.25, 0.3) is 0 Å². The van der Waals surface area contributed by atoms with E-state index in [0.29, 0.717) is 6.54 Å². The molecule has 0 aliphatic rings. The van der Waals surface area contributed by atoms with Gasteiger partial charge in [-0.25, -0.2) is 0 Å². The van der Waals surface area contributed by atoms with Gasteiger partial charge in [-0.05, 0) is 0 Å². The summed E-state index contributed by atoms with van der Waals surface area (Å²) in [6.45, 7) is 5.52. The molecule has 0 heterocycles. The van der Waals surface area contributed by atoms with Gasteiger partial charge in [-0.3, -0.25) is 0 Å². The molecule has 0 atom stereocenters. The fraction of sp³-hybridized carbons (Fsp3) is 0.714. The third kappa shape index (κ3) is 8.01. The molecule has 0 fully saturated rings. The Bertz CT molecular complexity index is 78.0. The molecule has 0 rings (SSSR count). The molecule has 0 aliphatic carbocycles. The van der Waals surface area contributed by atoms with Crippen molar-refractivity contribution in [1.82, 2.24) is 5.32 Å². The lowest BCUT2D eigenvalue weighted by Gasteiger charge is -1.99. The number of rotatable bonds is 7. The first-order valence-corrected chi connectivity index (χ1v) is 4.57. The van der Waals surface area contributed by atoms with Gasteiger partial charge in [0, 0.05) is 24.6 Å². The van der Waals surface area contributed by atoms with Crippen molar-refractivity contribution in [2.75, 3.05) is 31.2 Å². The van der Waals surface area contributed by atoms with Gasteiger partial charge < -0.3 is 10.4 Å². The normalized spacial score (nSPS) is 9.70. The molecule has 0 amide bonds. The fourth-order valence-electron chi connectivity index (χ4n) is 0.515. The molecule has 0 aromatic heterocycles. The Morgan fingerprint density at radius 2 is 2.30 bits per heavy atom. The van der Waals surface area contributed by atoms with Gasteiger partial charge in [0.1, 0.15) is 0 Å². The second-order valence-electron chi connectivity index (χ2n) is 1.84. The molecule has 60 valence electrons. The number of aliphatic hydroxyl groups is 1. The molecule has 0 saturated carbocycles. The van der Waals surface area contributed by atoms with E-state index >= 15 is 0 Å². The van der Waals surface area contributed by atoms with E-state index in [4.69, 9.17) is 5.11 Å². The van der Waals surface area contributed by atoms with Gasteiger partial charge in [-0.2, -0.15) is 11.8 Å². The Kier molecular flexibility index (Phi) is 9.02. The SMILES string of the molecule is C=CCSCCNCCO. The Hall–Kier alpha value is 0.01000. The van der Waals surface area contributed by atoms with Crippen LogP contribution in [0.5, 0.6) is 0 Å². The van der Waals surface area contributed by atoms with Crippen LogP contribution in [-0.4, -0.2) is 36.3 Å². The minimum Gasteiger partial charge on any atom is -0.395 e. The highest BCUT2D eigenvalue weighted by molar-refractivity contribution is 7.99. The number of aliphatic hydroxyl groups excluding tert-OH is 1. The topological polar surface area (TPSA) is 32.3 Å². The Labute approximate surface area is 66.7 Å². The highest BCUT2D eigenvalue weighted by Gasteiger charge is 1.84. The van der Waals surface area contributed by atoms with Crippen LogP contribution in [0, 0.1) is 0 Å². The Balaban J connectivity index is 2.70. The highest BCUT2D eigenvalue weighted by atomic mass is 32.2. The van der Waals surface area contributed by atoms with Crippen molar-refractivity contribution in [3.05, 3.63) is 12.7 Å². The monoisotopic (exact) mass is 161 g/mol. The van der Waals surface area contributed by atoms with E-state index in [2.05, 4.69) is 11.9 Å². The largest absolute Gasteiger partial charge is 0.395 e. The first kappa shape index (κ1) is 10.0. The summed E-state index contributed by atoms with van der Waals surface area (Å²) in [5.41, 5.74) is 0. The zero-order valence-electron chi connectivity index (χ0n) is 6.18. The molecule has 0 unspecified atom stereocenters. The summed E-state index contributed by atoms with van der Waals surface area (Å²) in [6, 6.07) is 0. The van der Waals surface area contributed by atoms with Gasteiger partial charge in [-0.1, -0.05) is 6.08 Å². The summed E-state index contributed by atoms with van der Waals surface area (Å²) < 4.78 is 0. The third-order valence-corrected chi connectivity index (χ3v) is 1.91. The third-order valence-electron chi connectivity index (χ3n) is 0.947. The van der Waals surface area contributed by atoms with E-state index in [9.17, 15) is 0 Å². The predicted octanol–water partition coefficient (Wildman–Crippen LogP) is 0.487. The molecule has 10 heavy (non-hydrogen) atoms. The van der Waals surface area contributed by atoms with Crippen LogP contribution in [0.1, 0.15) is 0 Å². The van der Waals surface area contributed by atoms with Crippen LogP contribution in [0.15, 0.2) is 12.7 Å². The lowest BCUT2D eigenvalue weighted by atomic mass is 10.6. The highest BCUT2D eigenvalue weighted by Crippen LogP contribution is 1.96. The molecule has 0 aromatic carbocycles. The summed E-state index contributed by atoms with van der Waals surface area (Å²) >= 11 is 1.84. The molecule has 2 nitrogen and oxygen atoms in total. The average molecular weight is 161 g/mol. The molecular formula is C7H15NOS. The second-order valence-corrected chi connectivity index (χ2v) is 2.99. The summed E-state index contributed by atoms with van der Waals surface area (Å²) in [5, 5.41) is 11.5. The van der Waals surface area contributed by atoms with Crippen molar-refractivity contribution in [2.45, 2.75) is 0 Å². The maximum atomic E-state index is 8.38. The average Bonchev–Trinajstić information content (AvgIpc) is 1.97. The van der Waals surface area contributed by atoms with Crippen LogP contribution in [-0.2, 0) is 0 Å². The maximum Gasteiger partial charge on any atom is 0.0555 e. The van der Waals surface area contributed by atoms with Gasteiger partial charge >= 0.3 is 0 Å². The zero-order valence-corrected chi connectivity index (χ0v) is 6.99. The number of hydrogen-bond donors (Lipinski definition) is 2. The molecule has 3 heteroatoms. The number of hydrogen-bond acceptors (Lipinski definition) is 3. The van der Waals surface area contributed by atoms with E-state index in [-0.39, 0.29) is 6.61 Å². The van der Waals surface area contributed by atoms with Crippen molar-refractivity contribution in [3.63, 3.8) is 0 Å². The minimum absolute atomic E-state index is 0.228. The van der Waals surface area contributed by atoms with Crippen molar-refractivity contribution in [1.29, 1.82) is 0 Å². The summed E-state index contributed by atoms with van der Waals surface area (Å²) in [6.07, 6.45) is 1.90. The van der Waals surface area contributed by atoms with Crippen LogP contribution in [0.4, 0.5) is 0 Å². The van der Waals surface area contributed by atoms with Crippen molar-refractivity contribution in [3.8, 4) is 0 Å². The minimum atomic E-state index is 0.228. The molecule has 0 aliphatic heterocycles. The van der Waals surface area contributed by atoms with Crippen LogP contribution in [0.3, 0.4) is 0 Å². The van der Waals surface area contributed by atoms with Crippen molar-refractivity contribution < 1.29 is 5.11 Å². The van der Waals surface area contributed by atoms with Gasteiger partial charge in [-0.15, -0.1) is 6.58 Å². The smallest absolute Gasteiger partial charge is 0.0555 e. The molecule has 0 spiro atoms. The molecule has 0 saturated heterocycles. The van der Waals surface area contributed by atoms with E-state index in [1.165, 1.54) is 0 Å².